The predicted octanol–water partition coefficient (Wildman–Crippen LogP) is 1.45. The molecule has 0 unspecified atom stereocenters. The Morgan fingerprint density at radius 1 is 0.912 bits per heavy atom. The molecule has 0 bridgehead atoms. The molecule has 2 aliphatic rings. The second kappa shape index (κ2) is 8.91. The average molecular weight is 501 g/mol. The molecule has 0 saturated carbocycles. The zero-order valence-corrected chi connectivity index (χ0v) is 19.6. The molecule has 176 valence electrons. The SMILES string of the molecule is O=C(c1ncc(-c2cc[n+]([O-])cc2)cn1)N1CCN(S(=O)(=O)N2Cc3ccc(Cl)cc3C2)CC1. The maximum Gasteiger partial charge on any atom is 0.291 e. The number of nitrogens with zero attached hydrogens (tertiary/aromatic N) is 6. The number of rotatable bonds is 4. The minimum absolute atomic E-state index is 0.0433. The van der Waals surface area contributed by atoms with Gasteiger partial charge >= 0.3 is 0 Å². The zero-order chi connectivity index (χ0) is 23.9. The van der Waals surface area contributed by atoms with Gasteiger partial charge in [0, 0.05) is 74.4 Å². The van der Waals surface area contributed by atoms with Crippen LogP contribution in [0.2, 0.25) is 5.02 Å². The van der Waals surface area contributed by atoms with Crippen molar-refractivity contribution in [3.05, 3.63) is 82.3 Å². The number of hydrogen-bond donors (Lipinski definition) is 0. The highest BCUT2D eigenvalue weighted by atomic mass is 35.5. The summed E-state index contributed by atoms with van der Waals surface area (Å²) in [6, 6.07) is 8.69. The normalized spacial score (nSPS) is 17.0. The molecular weight excluding hydrogens is 480 g/mol. The van der Waals surface area contributed by atoms with E-state index < -0.39 is 10.2 Å². The second-order valence-corrected chi connectivity index (χ2v) is 10.5. The van der Waals surface area contributed by atoms with Crippen molar-refractivity contribution >= 4 is 27.7 Å². The van der Waals surface area contributed by atoms with Crippen LogP contribution in [0.25, 0.3) is 11.1 Å². The first kappa shape index (κ1) is 22.7. The Kier molecular flexibility index (Phi) is 5.94. The topological polar surface area (TPSA) is 114 Å². The molecule has 2 aromatic heterocycles. The van der Waals surface area contributed by atoms with Crippen molar-refractivity contribution in [2.24, 2.45) is 0 Å². The van der Waals surface area contributed by atoms with Gasteiger partial charge in [-0.2, -0.15) is 21.8 Å². The molecule has 34 heavy (non-hydrogen) atoms. The monoisotopic (exact) mass is 500 g/mol. The van der Waals surface area contributed by atoms with Gasteiger partial charge in [-0.05, 0) is 28.8 Å². The highest BCUT2D eigenvalue weighted by molar-refractivity contribution is 7.86. The summed E-state index contributed by atoms with van der Waals surface area (Å²) in [5.41, 5.74) is 3.30. The molecule has 1 aromatic carbocycles. The maximum atomic E-state index is 13.2. The van der Waals surface area contributed by atoms with E-state index in [1.165, 1.54) is 33.4 Å². The molecule has 0 atom stereocenters. The molecule has 12 heteroatoms. The van der Waals surface area contributed by atoms with Crippen molar-refractivity contribution in [3.63, 3.8) is 0 Å². The summed E-state index contributed by atoms with van der Waals surface area (Å²) < 4.78 is 29.8. The van der Waals surface area contributed by atoms with Gasteiger partial charge in [-0.3, -0.25) is 4.79 Å². The first-order valence-electron chi connectivity index (χ1n) is 10.6. The Balaban J connectivity index is 1.21. The van der Waals surface area contributed by atoms with Gasteiger partial charge in [-0.15, -0.1) is 0 Å². The molecule has 4 heterocycles. The summed E-state index contributed by atoms with van der Waals surface area (Å²) in [5, 5.41) is 11.8. The Hall–Kier alpha value is -3.12. The Bertz CT molecular complexity index is 1330. The molecule has 10 nitrogen and oxygen atoms in total. The van der Waals surface area contributed by atoms with Gasteiger partial charge in [0.25, 0.3) is 16.1 Å². The molecule has 0 N–H and O–H groups in total. The van der Waals surface area contributed by atoms with Gasteiger partial charge in [0.05, 0.1) is 0 Å². The standard InChI is InChI=1S/C22H21ClN6O4S/c23-20-2-1-17-14-29(15-18(17)11-20)34(32,33)28-9-7-26(8-10-28)22(30)21-24-12-19(13-25-21)16-3-5-27(31)6-4-16/h1-6,11-13H,7-10,14-15H2. The Morgan fingerprint density at radius 2 is 1.56 bits per heavy atom. The highest BCUT2D eigenvalue weighted by Gasteiger charge is 2.36. The van der Waals surface area contributed by atoms with E-state index in [9.17, 15) is 18.4 Å². The fourth-order valence-corrected chi connectivity index (χ4v) is 5.86. The molecule has 0 spiro atoms. The molecule has 0 aliphatic carbocycles. The van der Waals surface area contributed by atoms with Crippen molar-refractivity contribution in [1.29, 1.82) is 0 Å². The zero-order valence-electron chi connectivity index (χ0n) is 18.0. The molecule has 2 aliphatic heterocycles. The van der Waals surface area contributed by atoms with Crippen LogP contribution >= 0.6 is 11.6 Å². The first-order chi connectivity index (χ1) is 16.3. The number of amides is 1. The van der Waals surface area contributed by atoms with E-state index in [2.05, 4.69) is 9.97 Å². The van der Waals surface area contributed by atoms with Gasteiger partial charge in [0.15, 0.2) is 12.4 Å². The van der Waals surface area contributed by atoms with Gasteiger partial charge < -0.3 is 10.1 Å². The van der Waals surface area contributed by atoms with Crippen molar-refractivity contribution < 1.29 is 17.9 Å². The summed E-state index contributed by atoms with van der Waals surface area (Å²) in [7, 11) is -3.66. The highest BCUT2D eigenvalue weighted by Crippen LogP contribution is 2.29. The van der Waals surface area contributed by atoms with E-state index in [4.69, 9.17) is 11.6 Å². The van der Waals surface area contributed by atoms with Crippen molar-refractivity contribution in [2.75, 3.05) is 26.2 Å². The van der Waals surface area contributed by atoms with Crippen LogP contribution in [0.4, 0.5) is 0 Å². The van der Waals surface area contributed by atoms with E-state index in [1.807, 2.05) is 6.07 Å². The quantitative estimate of drug-likeness (QED) is 0.395. The van der Waals surface area contributed by atoms with Crippen molar-refractivity contribution in [3.8, 4) is 11.1 Å². The van der Waals surface area contributed by atoms with Crippen LogP contribution in [0.1, 0.15) is 21.7 Å². The van der Waals surface area contributed by atoms with Crippen LogP contribution in [-0.2, 0) is 23.3 Å². The van der Waals surface area contributed by atoms with Crippen LogP contribution in [0.15, 0.2) is 55.1 Å². The predicted molar refractivity (Wildman–Crippen MR) is 124 cm³/mol. The summed E-state index contributed by atoms with van der Waals surface area (Å²) in [6.07, 6.45) is 5.81. The minimum Gasteiger partial charge on any atom is -0.619 e. The lowest BCUT2D eigenvalue weighted by Gasteiger charge is -2.35. The summed E-state index contributed by atoms with van der Waals surface area (Å²) in [4.78, 5) is 22.8. The Morgan fingerprint density at radius 3 is 2.24 bits per heavy atom. The van der Waals surface area contributed by atoms with E-state index in [1.54, 1.807) is 29.2 Å². The lowest BCUT2D eigenvalue weighted by atomic mass is 10.1. The first-order valence-corrected chi connectivity index (χ1v) is 12.4. The third-order valence-electron chi connectivity index (χ3n) is 6.02. The van der Waals surface area contributed by atoms with Gasteiger partial charge in [0.1, 0.15) is 0 Å². The number of carbonyl (C=O) groups excluding carboxylic acids is 1. The van der Waals surface area contributed by atoms with E-state index in [0.717, 1.165) is 16.7 Å². The maximum absolute atomic E-state index is 13.2. The number of aromatic nitrogens is 3. The van der Waals surface area contributed by atoms with Crippen molar-refractivity contribution in [1.82, 2.24) is 23.5 Å². The second-order valence-electron chi connectivity index (χ2n) is 8.12. The average Bonchev–Trinajstić information content (AvgIpc) is 3.28. The molecular formula is C22H21ClN6O4S. The van der Waals surface area contributed by atoms with Crippen LogP contribution in [0.5, 0.6) is 0 Å². The summed E-state index contributed by atoms with van der Waals surface area (Å²) >= 11 is 6.04. The van der Waals surface area contributed by atoms with Crippen LogP contribution in [0, 0.1) is 5.21 Å². The minimum atomic E-state index is -3.66. The number of carbonyl (C=O) groups is 1. The lowest BCUT2D eigenvalue weighted by Crippen LogP contribution is -2.53. The number of pyridine rings is 1. The third-order valence-corrected chi connectivity index (χ3v) is 8.18. The molecule has 1 amide bonds. The lowest BCUT2D eigenvalue weighted by molar-refractivity contribution is -0.605. The number of fused-ring (bicyclic) bond motifs is 1. The number of halogens is 1. The van der Waals surface area contributed by atoms with Crippen LogP contribution in [0.3, 0.4) is 0 Å². The van der Waals surface area contributed by atoms with Gasteiger partial charge in [0.2, 0.25) is 5.82 Å². The van der Waals surface area contributed by atoms with Crippen LogP contribution in [-0.4, -0.2) is 64.0 Å². The largest absolute Gasteiger partial charge is 0.619 e. The molecule has 1 saturated heterocycles. The summed E-state index contributed by atoms with van der Waals surface area (Å²) in [6.45, 7) is 1.48. The molecule has 5 rings (SSSR count). The molecule has 0 radical (unpaired) electrons. The number of benzene rings is 1. The molecule has 1 fully saturated rings. The number of hydrogen-bond acceptors (Lipinski definition) is 6. The van der Waals surface area contributed by atoms with E-state index in [0.29, 0.717) is 21.9 Å². The van der Waals surface area contributed by atoms with E-state index in [-0.39, 0.29) is 44.5 Å². The fourth-order valence-electron chi connectivity index (χ4n) is 4.11. The molecule has 3 aromatic rings. The smallest absolute Gasteiger partial charge is 0.291 e. The van der Waals surface area contributed by atoms with Crippen molar-refractivity contribution in [2.45, 2.75) is 13.1 Å². The summed E-state index contributed by atoms with van der Waals surface area (Å²) in [5.74, 6) is -0.306. The van der Waals surface area contributed by atoms with Crippen LogP contribution < -0.4 is 4.73 Å². The fraction of sp³-hybridized carbons (Fsp3) is 0.273. The van der Waals surface area contributed by atoms with Gasteiger partial charge in [-0.25, -0.2) is 9.97 Å². The van der Waals surface area contributed by atoms with Gasteiger partial charge in [-0.1, -0.05) is 17.7 Å². The van der Waals surface area contributed by atoms with E-state index >= 15 is 0 Å². The Labute approximate surface area is 201 Å². The third kappa shape index (κ3) is 4.34. The number of piperazine rings is 1.